The Morgan fingerprint density at radius 2 is 2.12 bits per heavy atom. The van der Waals surface area contributed by atoms with E-state index in [0.717, 1.165) is 19.4 Å². The molecule has 3 N–H and O–H groups in total. The molecule has 1 heterocycles. The van der Waals surface area contributed by atoms with Crippen molar-refractivity contribution < 1.29 is 14.7 Å². The zero-order chi connectivity index (χ0) is 12.3. The second-order valence-electron chi connectivity index (χ2n) is 4.79. The molecule has 1 aliphatic heterocycles. The molecule has 0 radical (unpaired) electrons. The van der Waals surface area contributed by atoms with Crippen molar-refractivity contribution in [2.75, 3.05) is 13.1 Å². The van der Waals surface area contributed by atoms with Crippen LogP contribution in [0.2, 0.25) is 0 Å². The lowest BCUT2D eigenvalue weighted by molar-refractivity contribution is -0.154. The lowest BCUT2D eigenvalue weighted by atomic mass is 9.87. The van der Waals surface area contributed by atoms with Crippen molar-refractivity contribution in [2.45, 2.75) is 38.6 Å². The van der Waals surface area contributed by atoms with Crippen LogP contribution in [0, 0.1) is 5.92 Å². The SMILES string of the molecule is CC(CN1CCCCC1(C)C(=O)O)C(N)=O. The van der Waals surface area contributed by atoms with Crippen LogP contribution in [0.1, 0.15) is 33.1 Å². The molecule has 1 fully saturated rings. The molecule has 1 aliphatic rings. The third kappa shape index (κ3) is 2.52. The number of primary amides is 1. The summed E-state index contributed by atoms with van der Waals surface area (Å²) in [6, 6.07) is 0. The number of hydrogen-bond acceptors (Lipinski definition) is 3. The van der Waals surface area contributed by atoms with Gasteiger partial charge in [-0.3, -0.25) is 14.5 Å². The van der Waals surface area contributed by atoms with Gasteiger partial charge in [0, 0.05) is 12.5 Å². The van der Waals surface area contributed by atoms with E-state index in [1.165, 1.54) is 0 Å². The molecule has 2 unspecified atom stereocenters. The van der Waals surface area contributed by atoms with Gasteiger partial charge in [-0.15, -0.1) is 0 Å². The Morgan fingerprint density at radius 1 is 1.50 bits per heavy atom. The molecule has 0 bridgehead atoms. The summed E-state index contributed by atoms with van der Waals surface area (Å²) in [6.45, 7) is 4.61. The average molecular weight is 228 g/mol. The lowest BCUT2D eigenvalue weighted by Crippen LogP contribution is -2.56. The van der Waals surface area contributed by atoms with Crippen LogP contribution in [-0.4, -0.2) is 40.5 Å². The quantitative estimate of drug-likeness (QED) is 0.731. The second-order valence-corrected chi connectivity index (χ2v) is 4.79. The number of carboxylic acid groups (broad SMARTS) is 1. The highest BCUT2D eigenvalue weighted by molar-refractivity contribution is 5.79. The third-order valence-electron chi connectivity index (χ3n) is 3.48. The number of carboxylic acids is 1. The molecular formula is C11H20N2O3. The van der Waals surface area contributed by atoms with Crippen molar-refractivity contribution in [3.63, 3.8) is 0 Å². The van der Waals surface area contributed by atoms with Gasteiger partial charge in [-0.05, 0) is 32.7 Å². The summed E-state index contributed by atoms with van der Waals surface area (Å²) >= 11 is 0. The maximum absolute atomic E-state index is 11.3. The Kier molecular flexibility index (Phi) is 3.91. The summed E-state index contributed by atoms with van der Waals surface area (Å²) in [4.78, 5) is 24.2. The number of carbonyl (C=O) groups excluding carboxylic acids is 1. The molecule has 2 atom stereocenters. The smallest absolute Gasteiger partial charge is 0.323 e. The first-order valence-corrected chi connectivity index (χ1v) is 5.65. The number of rotatable bonds is 4. The summed E-state index contributed by atoms with van der Waals surface area (Å²) < 4.78 is 0. The molecule has 16 heavy (non-hydrogen) atoms. The molecule has 1 saturated heterocycles. The van der Waals surface area contributed by atoms with E-state index in [-0.39, 0.29) is 11.8 Å². The third-order valence-corrected chi connectivity index (χ3v) is 3.48. The molecule has 0 aromatic carbocycles. The highest BCUT2D eigenvalue weighted by Crippen LogP contribution is 2.28. The molecule has 0 spiro atoms. The zero-order valence-corrected chi connectivity index (χ0v) is 9.90. The Labute approximate surface area is 95.6 Å². The molecular weight excluding hydrogens is 208 g/mol. The largest absolute Gasteiger partial charge is 0.480 e. The van der Waals surface area contributed by atoms with Gasteiger partial charge >= 0.3 is 5.97 Å². The highest BCUT2D eigenvalue weighted by atomic mass is 16.4. The van der Waals surface area contributed by atoms with Gasteiger partial charge in [-0.2, -0.15) is 0 Å². The van der Waals surface area contributed by atoms with E-state index in [4.69, 9.17) is 5.73 Å². The van der Waals surface area contributed by atoms with Crippen molar-refractivity contribution in [1.82, 2.24) is 4.90 Å². The number of likely N-dealkylation sites (tertiary alicyclic amines) is 1. The second kappa shape index (κ2) is 4.82. The predicted octanol–water partition coefficient (Wildman–Crippen LogP) is 0.437. The molecule has 0 aromatic heterocycles. The van der Waals surface area contributed by atoms with Crippen molar-refractivity contribution in [1.29, 1.82) is 0 Å². The summed E-state index contributed by atoms with van der Waals surface area (Å²) in [5.41, 5.74) is 4.36. The van der Waals surface area contributed by atoms with Gasteiger partial charge in [0.2, 0.25) is 5.91 Å². The van der Waals surface area contributed by atoms with Crippen LogP contribution < -0.4 is 5.73 Å². The van der Waals surface area contributed by atoms with Crippen molar-refractivity contribution in [3.8, 4) is 0 Å². The molecule has 1 rings (SSSR count). The fourth-order valence-electron chi connectivity index (χ4n) is 2.13. The Bertz CT molecular complexity index is 293. The van der Waals surface area contributed by atoms with Gasteiger partial charge in [0.15, 0.2) is 0 Å². The zero-order valence-electron chi connectivity index (χ0n) is 9.90. The molecule has 92 valence electrons. The molecule has 5 nitrogen and oxygen atoms in total. The number of amides is 1. The van der Waals surface area contributed by atoms with E-state index in [9.17, 15) is 14.7 Å². The van der Waals surface area contributed by atoms with Crippen molar-refractivity contribution >= 4 is 11.9 Å². The van der Waals surface area contributed by atoms with Crippen LogP contribution in [0.4, 0.5) is 0 Å². The van der Waals surface area contributed by atoms with Crippen LogP contribution in [-0.2, 0) is 9.59 Å². The average Bonchev–Trinajstić information content (AvgIpc) is 2.21. The Balaban J connectivity index is 2.75. The first-order valence-electron chi connectivity index (χ1n) is 5.65. The minimum absolute atomic E-state index is 0.309. The number of nitrogens with two attached hydrogens (primary N) is 1. The van der Waals surface area contributed by atoms with Crippen molar-refractivity contribution in [2.24, 2.45) is 11.7 Å². The summed E-state index contributed by atoms with van der Waals surface area (Å²) in [5.74, 6) is -1.50. The number of nitrogens with zero attached hydrogens (tertiary/aromatic N) is 1. The monoisotopic (exact) mass is 228 g/mol. The molecule has 0 saturated carbocycles. The topological polar surface area (TPSA) is 83.6 Å². The molecule has 0 aliphatic carbocycles. The summed E-state index contributed by atoms with van der Waals surface area (Å²) in [5, 5.41) is 9.26. The number of carbonyl (C=O) groups is 2. The van der Waals surface area contributed by atoms with Gasteiger partial charge in [-0.1, -0.05) is 6.92 Å². The van der Waals surface area contributed by atoms with Gasteiger partial charge in [0.1, 0.15) is 5.54 Å². The summed E-state index contributed by atoms with van der Waals surface area (Å²) in [7, 11) is 0. The standard InChI is InChI=1S/C11H20N2O3/c1-8(9(12)14)7-13-6-4-3-5-11(13,2)10(15)16/h8H,3-7H2,1-2H3,(H2,12,14)(H,15,16). The Morgan fingerprint density at radius 3 is 2.62 bits per heavy atom. The van der Waals surface area contributed by atoms with Gasteiger partial charge in [0.25, 0.3) is 0 Å². The van der Waals surface area contributed by atoms with Crippen molar-refractivity contribution in [3.05, 3.63) is 0 Å². The molecule has 0 aromatic rings. The number of piperidine rings is 1. The predicted molar refractivity (Wildman–Crippen MR) is 59.8 cm³/mol. The molecule has 1 amide bonds. The minimum atomic E-state index is -0.845. The Hall–Kier alpha value is -1.10. The van der Waals surface area contributed by atoms with Gasteiger partial charge < -0.3 is 10.8 Å². The fraction of sp³-hybridized carbons (Fsp3) is 0.818. The first-order chi connectivity index (χ1) is 7.38. The molecule has 5 heteroatoms. The van der Waals surface area contributed by atoms with Crippen LogP contribution >= 0.6 is 0 Å². The lowest BCUT2D eigenvalue weighted by Gasteiger charge is -2.42. The minimum Gasteiger partial charge on any atom is -0.480 e. The van der Waals surface area contributed by atoms with E-state index in [0.29, 0.717) is 13.0 Å². The maximum atomic E-state index is 11.3. The van der Waals surface area contributed by atoms with Crippen LogP contribution in [0.3, 0.4) is 0 Å². The van der Waals surface area contributed by atoms with E-state index < -0.39 is 11.5 Å². The van der Waals surface area contributed by atoms with Gasteiger partial charge in [-0.25, -0.2) is 0 Å². The highest BCUT2D eigenvalue weighted by Gasteiger charge is 2.41. The van der Waals surface area contributed by atoms with E-state index in [2.05, 4.69) is 0 Å². The number of aliphatic carboxylic acids is 1. The maximum Gasteiger partial charge on any atom is 0.323 e. The van der Waals surface area contributed by atoms with E-state index in [1.54, 1.807) is 13.8 Å². The first kappa shape index (κ1) is 13.0. The van der Waals surface area contributed by atoms with Crippen LogP contribution in [0.5, 0.6) is 0 Å². The van der Waals surface area contributed by atoms with Gasteiger partial charge in [0.05, 0.1) is 0 Å². The van der Waals surface area contributed by atoms with Crippen LogP contribution in [0.15, 0.2) is 0 Å². The van der Waals surface area contributed by atoms with Crippen LogP contribution in [0.25, 0.3) is 0 Å². The number of hydrogen-bond donors (Lipinski definition) is 2. The fourth-order valence-corrected chi connectivity index (χ4v) is 2.13. The normalized spacial score (nSPS) is 28.6. The van der Waals surface area contributed by atoms with E-state index in [1.807, 2.05) is 4.90 Å². The van der Waals surface area contributed by atoms with E-state index >= 15 is 0 Å². The summed E-state index contributed by atoms with van der Waals surface area (Å²) in [6.07, 6.45) is 2.53.